The summed E-state index contributed by atoms with van der Waals surface area (Å²) in [6.45, 7) is 1.61. The fourth-order valence-corrected chi connectivity index (χ4v) is 2.88. The number of hydrogen-bond donors (Lipinski definition) is 1. The first kappa shape index (κ1) is 16.5. The quantitative estimate of drug-likeness (QED) is 0.673. The van der Waals surface area contributed by atoms with Crippen LogP contribution in [0.25, 0.3) is 11.5 Å². The number of halogens is 1. The number of nitrogens with zero attached hydrogens (tertiary/aromatic N) is 2. The molecule has 0 unspecified atom stereocenters. The summed E-state index contributed by atoms with van der Waals surface area (Å²) in [6.07, 6.45) is 5.89. The lowest BCUT2D eigenvalue weighted by Gasteiger charge is -2.01. The maximum absolute atomic E-state index is 5.68. The van der Waals surface area contributed by atoms with E-state index in [9.17, 15) is 0 Å². The third-order valence-corrected chi connectivity index (χ3v) is 4.44. The van der Waals surface area contributed by atoms with E-state index in [0.29, 0.717) is 18.3 Å². The zero-order valence-corrected chi connectivity index (χ0v) is 14.5. The van der Waals surface area contributed by atoms with Crippen molar-refractivity contribution in [3.63, 3.8) is 0 Å². The third-order valence-electron chi connectivity index (χ3n) is 3.05. The van der Waals surface area contributed by atoms with Gasteiger partial charge in [0.25, 0.3) is 0 Å². The van der Waals surface area contributed by atoms with E-state index >= 15 is 0 Å². The first-order valence-electron chi connectivity index (χ1n) is 7.08. The van der Waals surface area contributed by atoms with Crippen LogP contribution in [0, 0.1) is 0 Å². The summed E-state index contributed by atoms with van der Waals surface area (Å²) in [4.78, 5) is 0. The molecule has 0 amide bonds. The molecule has 2 aromatic rings. The van der Waals surface area contributed by atoms with Gasteiger partial charge >= 0.3 is 0 Å². The van der Waals surface area contributed by atoms with E-state index in [1.807, 2.05) is 36.0 Å². The number of hydrogen-bond acceptors (Lipinski definition) is 5. The van der Waals surface area contributed by atoms with Crippen LogP contribution in [0.4, 0.5) is 0 Å². The Hall–Kier alpha value is -0.850. The zero-order valence-electron chi connectivity index (χ0n) is 12.1. The van der Waals surface area contributed by atoms with Crippen molar-refractivity contribution in [1.82, 2.24) is 15.5 Å². The Bertz CT molecular complexity index is 547. The molecule has 2 rings (SSSR count). The zero-order chi connectivity index (χ0) is 14.9. The second kappa shape index (κ2) is 9.23. The average Bonchev–Trinajstić information content (AvgIpc) is 2.95. The van der Waals surface area contributed by atoms with Gasteiger partial charge in [-0.25, -0.2) is 0 Å². The third kappa shape index (κ3) is 5.45. The first-order valence-corrected chi connectivity index (χ1v) is 9.27. The molecule has 1 heterocycles. The van der Waals surface area contributed by atoms with Crippen LogP contribution in [0.1, 0.15) is 25.2 Å². The molecule has 0 atom stereocenters. The van der Waals surface area contributed by atoms with Crippen molar-refractivity contribution in [3.05, 3.63) is 34.6 Å². The molecule has 6 heteroatoms. The van der Waals surface area contributed by atoms with Crippen molar-refractivity contribution >= 4 is 27.7 Å². The molecule has 1 aromatic heterocycles. The smallest absolute Gasteiger partial charge is 0.248 e. The van der Waals surface area contributed by atoms with Crippen molar-refractivity contribution in [1.29, 1.82) is 0 Å². The summed E-state index contributed by atoms with van der Waals surface area (Å²) in [5.74, 6) is 2.43. The Morgan fingerprint density at radius 1 is 1.19 bits per heavy atom. The molecule has 0 aliphatic heterocycles. The van der Waals surface area contributed by atoms with E-state index in [1.54, 1.807) is 0 Å². The van der Waals surface area contributed by atoms with Crippen LogP contribution in [0.5, 0.6) is 0 Å². The molecule has 0 saturated heterocycles. The maximum Gasteiger partial charge on any atom is 0.248 e. The van der Waals surface area contributed by atoms with Gasteiger partial charge in [-0.2, -0.15) is 11.8 Å². The van der Waals surface area contributed by atoms with Gasteiger partial charge in [0, 0.05) is 4.47 Å². The second-order valence-electron chi connectivity index (χ2n) is 4.71. The lowest BCUT2D eigenvalue weighted by atomic mass is 10.2. The molecular formula is C15H20BrN3OS. The highest BCUT2D eigenvalue weighted by molar-refractivity contribution is 9.10. The topological polar surface area (TPSA) is 51.0 Å². The van der Waals surface area contributed by atoms with Gasteiger partial charge in [0.1, 0.15) is 0 Å². The van der Waals surface area contributed by atoms with Gasteiger partial charge in [0.15, 0.2) is 0 Å². The summed E-state index contributed by atoms with van der Waals surface area (Å²) >= 11 is 5.40. The minimum absolute atomic E-state index is 0.555. The van der Waals surface area contributed by atoms with Crippen LogP contribution in [0.3, 0.4) is 0 Å². The molecule has 21 heavy (non-hydrogen) atoms. The fraction of sp³-hybridized carbons (Fsp3) is 0.467. The number of thioether (sulfide) groups is 1. The van der Waals surface area contributed by atoms with Gasteiger partial charge in [-0.1, -0.05) is 18.6 Å². The van der Waals surface area contributed by atoms with Gasteiger partial charge in [-0.15, -0.1) is 10.2 Å². The highest BCUT2D eigenvalue weighted by atomic mass is 79.9. The molecule has 114 valence electrons. The number of rotatable bonds is 9. The number of nitrogens with one attached hydrogen (secondary N) is 1. The summed E-state index contributed by atoms with van der Waals surface area (Å²) < 4.78 is 6.64. The maximum atomic E-state index is 5.68. The minimum atomic E-state index is 0.555. The SMILES string of the molecule is CSCCCCCNCc1nnc(-c2ccccc2Br)o1. The van der Waals surface area contributed by atoms with Gasteiger partial charge in [0.05, 0.1) is 12.1 Å². The van der Waals surface area contributed by atoms with E-state index in [-0.39, 0.29) is 0 Å². The minimum Gasteiger partial charge on any atom is -0.419 e. The monoisotopic (exact) mass is 369 g/mol. The Balaban J connectivity index is 1.75. The Morgan fingerprint density at radius 2 is 2.05 bits per heavy atom. The van der Waals surface area contributed by atoms with Crippen LogP contribution in [0.2, 0.25) is 0 Å². The van der Waals surface area contributed by atoms with Crippen LogP contribution in [0.15, 0.2) is 33.2 Å². The molecule has 0 aliphatic carbocycles. The predicted molar refractivity (Wildman–Crippen MR) is 91.4 cm³/mol. The molecule has 4 nitrogen and oxygen atoms in total. The largest absolute Gasteiger partial charge is 0.419 e. The Kier molecular flexibility index (Phi) is 7.26. The molecule has 1 N–H and O–H groups in total. The lowest BCUT2D eigenvalue weighted by Crippen LogP contribution is -2.14. The molecule has 1 aromatic carbocycles. The lowest BCUT2D eigenvalue weighted by molar-refractivity contribution is 0.473. The van der Waals surface area contributed by atoms with Crippen molar-refractivity contribution in [2.75, 3.05) is 18.6 Å². The highest BCUT2D eigenvalue weighted by Crippen LogP contribution is 2.26. The summed E-state index contributed by atoms with van der Waals surface area (Å²) in [7, 11) is 0. The molecular weight excluding hydrogens is 350 g/mol. The number of aromatic nitrogens is 2. The normalized spacial score (nSPS) is 11.0. The van der Waals surface area contributed by atoms with E-state index in [4.69, 9.17) is 4.42 Å². The van der Waals surface area contributed by atoms with Crippen LogP contribution in [-0.2, 0) is 6.54 Å². The van der Waals surface area contributed by atoms with Crippen molar-refractivity contribution in [2.24, 2.45) is 0 Å². The van der Waals surface area contributed by atoms with Crippen LogP contribution >= 0.6 is 27.7 Å². The standard InChI is InChI=1S/C15H20BrN3OS/c1-21-10-6-2-5-9-17-11-14-18-19-15(20-14)12-7-3-4-8-13(12)16/h3-4,7-8,17H,2,5-6,9-11H2,1H3. The van der Waals surface area contributed by atoms with Crippen molar-refractivity contribution < 1.29 is 4.42 Å². The van der Waals surface area contributed by atoms with E-state index in [2.05, 4.69) is 37.7 Å². The van der Waals surface area contributed by atoms with Crippen LogP contribution < -0.4 is 5.32 Å². The molecule has 0 radical (unpaired) electrons. The summed E-state index contributed by atoms with van der Waals surface area (Å²) in [6, 6.07) is 7.84. The fourth-order valence-electron chi connectivity index (χ4n) is 1.94. The Morgan fingerprint density at radius 3 is 2.86 bits per heavy atom. The van der Waals surface area contributed by atoms with E-state index in [0.717, 1.165) is 16.6 Å². The summed E-state index contributed by atoms with van der Waals surface area (Å²) in [5, 5.41) is 11.5. The summed E-state index contributed by atoms with van der Waals surface area (Å²) in [5.41, 5.74) is 0.924. The number of unbranched alkanes of at least 4 members (excludes halogenated alkanes) is 2. The number of benzene rings is 1. The first-order chi connectivity index (χ1) is 10.3. The molecule has 0 aliphatic rings. The van der Waals surface area contributed by atoms with Crippen LogP contribution in [-0.4, -0.2) is 28.8 Å². The van der Waals surface area contributed by atoms with Gasteiger partial charge in [-0.3, -0.25) is 0 Å². The van der Waals surface area contributed by atoms with Gasteiger partial charge in [-0.05, 0) is 59.5 Å². The van der Waals surface area contributed by atoms with Crippen molar-refractivity contribution in [3.8, 4) is 11.5 Å². The highest BCUT2D eigenvalue weighted by Gasteiger charge is 2.10. The van der Waals surface area contributed by atoms with Gasteiger partial charge < -0.3 is 9.73 Å². The molecule has 0 fully saturated rings. The average molecular weight is 370 g/mol. The second-order valence-corrected chi connectivity index (χ2v) is 6.55. The molecule has 0 spiro atoms. The van der Waals surface area contributed by atoms with E-state index in [1.165, 1.54) is 25.0 Å². The van der Waals surface area contributed by atoms with Gasteiger partial charge in [0.2, 0.25) is 11.8 Å². The van der Waals surface area contributed by atoms with Crippen molar-refractivity contribution in [2.45, 2.75) is 25.8 Å². The molecule has 0 bridgehead atoms. The predicted octanol–water partition coefficient (Wildman–Crippen LogP) is 4.12. The Labute approximate surface area is 138 Å². The van der Waals surface area contributed by atoms with E-state index < -0.39 is 0 Å². The molecule has 0 saturated carbocycles.